The fraction of sp³-hybridized carbons (Fsp3) is 0.235. The van der Waals surface area contributed by atoms with Gasteiger partial charge in [0.2, 0.25) is 0 Å². The minimum absolute atomic E-state index is 0.0352. The number of nitriles is 1. The molecule has 0 fully saturated rings. The summed E-state index contributed by atoms with van der Waals surface area (Å²) in [4.78, 5) is 0. The fourth-order valence-electron chi connectivity index (χ4n) is 2.14. The molecule has 0 aliphatic carbocycles. The molecule has 0 saturated carbocycles. The van der Waals surface area contributed by atoms with E-state index in [1.54, 1.807) is 24.3 Å². The van der Waals surface area contributed by atoms with Crippen molar-refractivity contribution in [3.63, 3.8) is 0 Å². The van der Waals surface area contributed by atoms with Crippen molar-refractivity contribution in [1.29, 1.82) is 5.26 Å². The molecule has 0 aliphatic heterocycles. The third-order valence-electron chi connectivity index (χ3n) is 3.23. The van der Waals surface area contributed by atoms with E-state index in [2.05, 4.69) is 0 Å². The molecule has 0 aromatic heterocycles. The van der Waals surface area contributed by atoms with Crippen molar-refractivity contribution in [3.05, 3.63) is 71.3 Å². The predicted molar refractivity (Wildman–Crippen MR) is 83.4 cm³/mol. The minimum atomic E-state index is -3.11. The molecule has 2 aromatic carbocycles. The van der Waals surface area contributed by atoms with Crippen LogP contribution in [-0.2, 0) is 22.0 Å². The molecule has 2 aromatic rings. The second-order valence-corrected chi connectivity index (χ2v) is 7.17. The topological polar surface area (TPSA) is 57.9 Å². The summed E-state index contributed by atoms with van der Waals surface area (Å²) in [6.45, 7) is 0. The largest absolute Gasteiger partial charge is 0.228 e. The van der Waals surface area contributed by atoms with Crippen molar-refractivity contribution in [2.24, 2.45) is 0 Å². The van der Waals surface area contributed by atoms with Crippen LogP contribution in [0.2, 0.25) is 0 Å². The molecule has 108 valence electrons. The third kappa shape index (κ3) is 5.05. The predicted octanol–water partition coefficient (Wildman–Crippen LogP) is 3.11. The van der Waals surface area contributed by atoms with E-state index in [-0.39, 0.29) is 11.5 Å². The molecule has 0 aliphatic rings. The Labute approximate surface area is 125 Å². The zero-order valence-electron chi connectivity index (χ0n) is 11.7. The number of hydrogen-bond acceptors (Lipinski definition) is 3. The van der Waals surface area contributed by atoms with Gasteiger partial charge in [0.05, 0.1) is 23.1 Å². The first-order chi connectivity index (χ1) is 10.1. The molecule has 0 N–H and O–H groups in total. The summed E-state index contributed by atoms with van der Waals surface area (Å²) < 4.78 is 24.2. The molecule has 4 heteroatoms. The van der Waals surface area contributed by atoms with Crippen LogP contribution in [0.25, 0.3) is 0 Å². The molecule has 0 amide bonds. The first kappa shape index (κ1) is 15.3. The first-order valence-corrected chi connectivity index (χ1v) is 8.64. The van der Waals surface area contributed by atoms with Gasteiger partial charge in [-0.15, -0.1) is 0 Å². The van der Waals surface area contributed by atoms with E-state index in [0.29, 0.717) is 12.0 Å². The summed E-state index contributed by atoms with van der Waals surface area (Å²) in [5.74, 6) is 0.218. The van der Waals surface area contributed by atoms with Crippen molar-refractivity contribution >= 4 is 9.84 Å². The monoisotopic (exact) mass is 299 g/mol. The maximum Gasteiger partial charge on any atom is 0.154 e. The molecule has 0 heterocycles. The summed E-state index contributed by atoms with van der Waals surface area (Å²) >= 11 is 0. The average molecular weight is 299 g/mol. The normalized spacial score (nSPS) is 11.0. The third-order valence-corrected chi connectivity index (χ3v) is 4.92. The Kier molecular flexibility index (Phi) is 5.13. The molecule has 0 saturated heterocycles. The van der Waals surface area contributed by atoms with Gasteiger partial charge in [0, 0.05) is 0 Å². The maximum absolute atomic E-state index is 12.1. The van der Waals surface area contributed by atoms with Crippen molar-refractivity contribution in [2.45, 2.75) is 18.6 Å². The van der Waals surface area contributed by atoms with Crippen LogP contribution in [0.15, 0.2) is 54.6 Å². The van der Waals surface area contributed by atoms with Crippen molar-refractivity contribution in [2.75, 3.05) is 5.75 Å². The number of rotatable bonds is 6. The maximum atomic E-state index is 12.1. The Hall–Kier alpha value is -2.12. The van der Waals surface area contributed by atoms with Gasteiger partial charge in [-0.2, -0.15) is 5.26 Å². The smallest absolute Gasteiger partial charge is 0.154 e. The van der Waals surface area contributed by atoms with Crippen LogP contribution in [-0.4, -0.2) is 14.2 Å². The van der Waals surface area contributed by atoms with Crippen LogP contribution < -0.4 is 0 Å². The van der Waals surface area contributed by atoms with Gasteiger partial charge in [0.15, 0.2) is 9.84 Å². The SMILES string of the molecule is N#Cc1ccc(CS(=O)(=O)CCCc2ccccc2)cc1. The highest BCUT2D eigenvalue weighted by atomic mass is 32.2. The molecule has 21 heavy (non-hydrogen) atoms. The van der Waals surface area contributed by atoms with Gasteiger partial charge in [-0.1, -0.05) is 42.5 Å². The van der Waals surface area contributed by atoms with Crippen LogP contribution in [0.5, 0.6) is 0 Å². The Morgan fingerprint density at radius 1 is 0.905 bits per heavy atom. The molecular formula is C17H17NO2S. The Bertz CT molecular complexity index is 714. The Morgan fingerprint density at radius 3 is 2.19 bits per heavy atom. The van der Waals surface area contributed by atoms with E-state index in [9.17, 15) is 8.42 Å². The molecule has 0 bridgehead atoms. The van der Waals surface area contributed by atoms with Gasteiger partial charge in [0.25, 0.3) is 0 Å². The highest BCUT2D eigenvalue weighted by Gasteiger charge is 2.11. The van der Waals surface area contributed by atoms with Crippen LogP contribution >= 0.6 is 0 Å². The zero-order valence-corrected chi connectivity index (χ0v) is 12.5. The molecule has 3 nitrogen and oxygen atoms in total. The standard InChI is InChI=1S/C17H17NO2S/c18-13-16-8-10-17(11-9-16)14-21(19,20)12-4-7-15-5-2-1-3-6-15/h1-3,5-6,8-11H,4,7,12,14H2. The molecule has 0 atom stereocenters. The lowest BCUT2D eigenvalue weighted by Crippen LogP contribution is -2.10. The number of nitrogens with zero attached hydrogens (tertiary/aromatic N) is 1. The first-order valence-electron chi connectivity index (χ1n) is 6.82. The number of benzene rings is 2. The molecular weight excluding hydrogens is 282 g/mol. The molecule has 0 spiro atoms. The fourth-order valence-corrected chi connectivity index (χ4v) is 3.57. The molecule has 2 rings (SSSR count). The van der Waals surface area contributed by atoms with E-state index in [1.807, 2.05) is 36.4 Å². The molecule has 0 unspecified atom stereocenters. The number of sulfone groups is 1. The lowest BCUT2D eigenvalue weighted by Gasteiger charge is -2.05. The average Bonchev–Trinajstić information content (AvgIpc) is 2.48. The quantitative estimate of drug-likeness (QED) is 0.823. The van der Waals surface area contributed by atoms with Gasteiger partial charge in [-0.05, 0) is 36.1 Å². The zero-order chi connectivity index (χ0) is 15.1. The summed E-state index contributed by atoms with van der Waals surface area (Å²) in [6.07, 6.45) is 1.40. The van der Waals surface area contributed by atoms with Crippen molar-refractivity contribution in [1.82, 2.24) is 0 Å². The summed E-state index contributed by atoms with van der Waals surface area (Å²) in [6, 6.07) is 18.6. The highest BCUT2D eigenvalue weighted by molar-refractivity contribution is 7.90. The van der Waals surface area contributed by atoms with Gasteiger partial charge < -0.3 is 0 Å². The number of hydrogen-bond donors (Lipinski definition) is 0. The summed E-state index contributed by atoms with van der Waals surface area (Å²) in [5.41, 5.74) is 2.43. The highest BCUT2D eigenvalue weighted by Crippen LogP contribution is 2.11. The van der Waals surface area contributed by atoms with Gasteiger partial charge in [-0.25, -0.2) is 8.42 Å². The second-order valence-electron chi connectivity index (χ2n) is 4.99. The van der Waals surface area contributed by atoms with E-state index < -0.39 is 9.84 Å². The van der Waals surface area contributed by atoms with E-state index in [0.717, 1.165) is 17.5 Å². The van der Waals surface area contributed by atoms with Crippen LogP contribution in [0.3, 0.4) is 0 Å². The summed E-state index contributed by atoms with van der Waals surface area (Å²) in [7, 11) is -3.11. The van der Waals surface area contributed by atoms with Crippen molar-refractivity contribution in [3.8, 4) is 6.07 Å². The lowest BCUT2D eigenvalue weighted by atomic mass is 10.1. The number of aryl methyl sites for hydroxylation is 1. The Morgan fingerprint density at radius 2 is 1.57 bits per heavy atom. The summed E-state index contributed by atoms with van der Waals surface area (Å²) in [5, 5.41) is 8.72. The minimum Gasteiger partial charge on any atom is -0.228 e. The van der Waals surface area contributed by atoms with Crippen LogP contribution in [0.4, 0.5) is 0 Å². The Balaban J connectivity index is 1.88. The van der Waals surface area contributed by atoms with Gasteiger partial charge in [0.1, 0.15) is 0 Å². The lowest BCUT2D eigenvalue weighted by molar-refractivity contribution is 0.592. The van der Waals surface area contributed by atoms with E-state index in [4.69, 9.17) is 5.26 Å². The van der Waals surface area contributed by atoms with E-state index >= 15 is 0 Å². The van der Waals surface area contributed by atoms with Crippen LogP contribution in [0, 0.1) is 11.3 Å². The van der Waals surface area contributed by atoms with Crippen LogP contribution in [0.1, 0.15) is 23.1 Å². The van der Waals surface area contributed by atoms with Gasteiger partial charge in [-0.3, -0.25) is 0 Å². The second kappa shape index (κ2) is 7.05. The van der Waals surface area contributed by atoms with E-state index in [1.165, 1.54) is 0 Å². The van der Waals surface area contributed by atoms with Crippen molar-refractivity contribution < 1.29 is 8.42 Å². The molecule has 0 radical (unpaired) electrons. The van der Waals surface area contributed by atoms with Gasteiger partial charge >= 0.3 is 0 Å².